The topological polar surface area (TPSA) is 49.8 Å². The van der Waals surface area contributed by atoms with Crippen molar-refractivity contribution in [2.24, 2.45) is 5.92 Å². The van der Waals surface area contributed by atoms with E-state index in [0.717, 1.165) is 43.8 Å². The van der Waals surface area contributed by atoms with Crippen LogP contribution in [0.1, 0.15) is 49.7 Å². The Hall–Kier alpha value is -1.39. The summed E-state index contributed by atoms with van der Waals surface area (Å²) in [5, 5.41) is 10.7. The molecular weight excluding hydrogens is 314 g/mol. The van der Waals surface area contributed by atoms with Gasteiger partial charge >= 0.3 is 0 Å². The zero-order valence-corrected chi connectivity index (χ0v) is 15.0. The van der Waals surface area contributed by atoms with E-state index >= 15 is 0 Å². The van der Waals surface area contributed by atoms with Crippen molar-refractivity contribution in [2.75, 3.05) is 20.2 Å². The molecule has 2 bridgehead atoms. The van der Waals surface area contributed by atoms with Crippen LogP contribution in [-0.4, -0.2) is 47.6 Å². The molecule has 4 heteroatoms. The maximum absolute atomic E-state index is 12.5. The molecule has 1 aromatic carbocycles. The molecule has 134 valence electrons. The largest absolute Gasteiger partial charge is 0.508 e. The van der Waals surface area contributed by atoms with Crippen molar-refractivity contribution in [3.63, 3.8) is 0 Å². The smallest absolute Gasteiger partial charge is 0.134 e. The third-order valence-corrected chi connectivity index (χ3v) is 7.46. The van der Waals surface area contributed by atoms with E-state index in [0.29, 0.717) is 30.4 Å². The Morgan fingerprint density at radius 3 is 2.92 bits per heavy atom. The summed E-state index contributed by atoms with van der Waals surface area (Å²) in [5.41, 5.74) is 1.51. The summed E-state index contributed by atoms with van der Waals surface area (Å²) in [4.78, 5) is 15.2. The molecule has 3 fully saturated rings. The summed E-state index contributed by atoms with van der Waals surface area (Å²) in [7, 11) is 1.82. The lowest BCUT2D eigenvalue weighted by Gasteiger charge is -2.65. The minimum atomic E-state index is -0.360. The second kappa shape index (κ2) is 5.31. The van der Waals surface area contributed by atoms with Crippen LogP contribution < -0.4 is 0 Å². The highest BCUT2D eigenvalue weighted by atomic mass is 16.5. The van der Waals surface area contributed by atoms with Crippen LogP contribution in [0.25, 0.3) is 0 Å². The number of rotatable bonds is 3. The molecule has 1 aliphatic heterocycles. The van der Waals surface area contributed by atoms with Crippen LogP contribution in [0.15, 0.2) is 18.2 Å². The number of aromatic hydroxyl groups is 1. The van der Waals surface area contributed by atoms with Crippen LogP contribution in [0, 0.1) is 5.92 Å². The minimum absolute atomic E-state index is 0.314. The van der Waals surface area contributed by atoms with E-state index < -0.39 is 0 Å². The van der Waals surface area contributed by atoms with Crippen molar-refractivity contribution in [2.45, 2.75) is 62.0 Å². The molecule has 4 nitrogen and oxygen atoms in total. The Morgan fingerprint density at radius 2 is 2.16 bits per heavy atom. The van der Waals surface area contributed by atoms with Gasteiger partial charge in [0.2, 0.25) is 0 Å². The van der Waals surface area contributed by atoms with Gasteiger partial charge in [-0.05, 0) is 56.2 Å². The van der Waals surface area contributed by atoms with E-state index in [9.17, 15) is 9.90 Å². The van der Waals surface area contributed by atoms with Crippen molar-refractivity contribution in [3.8, 4) is 5.75 Å². The molecule has 2 saturated carbocycles. The Balaban J connectivity index is 1.69. The number of ketones is 1. The van der Waals surface area contributed by atoms with Gasteiger partial charge in [0.25, 0.3) is 0 Å². The van der Waals surface area contributed by atoms with E-state index in [1.807, 2.05) is 13.2 Å². The second-order valence-corrected chi connectivity index (χ2v) is 8.61. The number of fused-ring (bicyclic) bond motifs is 1. The highest BCUT2D eigenvalue weighted by Crippen LogP contribution is 2.60. The summed E-state index contributed by atoms with van der Waals surface area (Å²) in [5.74, 6) is 1.51. The van der Waals surface area contributed by atoms with E-state index in [-0.39, 0.29) is 11.0 Å². The van der Waals surface area contributed by atoms with Crippen molar-refractivity contribution >= 4 is 5.78 Å². The Kier molecular flexibility index (Phi) is 3.36. The molecular formula is C21H27NO3. The monoisotopic (exact) mass is 341 g/mol. The molecule has 1 N–H and O–H groups in total. The number of phenolic OH excluding ortho intramolecular Hbond substituents is 1. The molecule has 1 aromatic rings. The van der Waals surface area contributed by atoms with Gasteiger partial charge in [-0.15, -0.1) is 0 Å². The van der Waals surface area contributed by atoms with E-state index in [1.54, 1.807) is 6.07 Å². The lowest BCUT2D eigenvalue weighted by atomic mass is 9.49. The fourth-order valence-electron chi connectivity index (χ4n) is 6.23. The van der Waals surface area contributed by atoms with E-state index in [2.05, 4.69) is 11.0 Å². The summed E-state index contributed by atoms with van der Waals surface area (Å²) in [6, 6.07) is 6.18. The van der Waals surface area contributed by atoms with Gasteiger partial charge in [-0.2, -0.15) is 0 Å². The average Bonchev–Trinajstić information content (AvgIpc) is 3.41. The second-order valence-electron chi connectivity index (χ2n) is 8.61. The van der Waals surface area contributed by atoms with Gasteiger partial charge in [0.1, 0.15) is 11.5 Å². The van der Waals surface area contributed by atoms with Crippen LogP contribution in [0.3, 0.4) is 0 Å². The first-order valence-electron chi connectivity index (χ1n) is 9.72. The molecule has 4 aliphatic rings. The molecule has 0 amide bonds. The van der Waals surface area contributed by atoms with Crippen LogP contribution in [0.4, 0.5) is 0 Å². The van der Waals surface area contributed by atoms with Gasteiger partial charge in [0, 0.05) is 43.5 Å². The zero-order chi connectivity index (χ0) is 17.2. The number of nitrogens with zero attached hydrogens (tertiary/aromatic N) is 1. The Bertz CT molecular complexity index is 728. The quantitative estimate of drug-likeness (QED) is 0.918. The number of carbonyl (C=O) groups is 1. The third kappa shape index (κ3) is 2.04. The number of hydrogen-bond acceptors (Lipinski definition) is 4. The normalized spacial score (nSPS) is 37.5. The summed E-state index contributed by atoms with van der Waals surface area (Å²) in [6.45, 7) is 2.17. The van der Waals surface area contributed by atoms with Crippen molar-refractivity contribution < 1.29 is 14.6 Å². The Morgan fingerprint density at radius 1 is 1.32 bits per heavy atom. The summed E-state index contributed by atoms with van der Waals surface area (Å²) in [6.07, 6.45) is 6.42. The van der Waals surface area contributed by atoms with Crippen LogP contribution in [0.5, 0.6) is 5.75 Å². The van der Waals surface area contributed by atoms with Crippen LogP contribution in [0.2, 0.25) is 0 Å². The van der Waals surface area contributed by atoms with Crippen molar-refractivity contribution in [1.82, 2.24) is 4.90 Å². The van der Waals surface area contributed by atoms with E-state index in [1.165, 1.54) is 18.4 Å². The number of methoxy groups -OCH3 is 1. The molecule has 0 aromatic heterocycles. The molecule has 5 rings (SSSR count). The summed E-state index contributed by atoms with van der Waals surface area (Å²) >= 11 is 0. The molecule has 1 heterocycles. The fraction of sp³-hybridized carbons (Fsp3) is 0.667. The summed E-state index contributed by atoms with van der Waals surface area (Å²) < 4.78 is 6.33. The van der Waals surface area contributed by atoms with Crippen molar-refractivity contribution in [3.05, 3.63) is 29.3 Å². The first-order valence-corrected chi connectivity index (χ1v) is 9.72. The van der Waals surface area contributed by atoms with Gasteiger partial charge in [0.05, 0.1) is 5.60 Å². The Labute approximate surface area is 149 Å². The number of hydrogen-bond donors (Lipinski definition) is 1. The zero-order valence-electron chi connectivity index (χ0n) is 15.0. The third-order valence-electron chi connectivity index (χ3n) is 7.46. The number of benzene rings is 1. The number of Topliss-reactive ketones (excluding diaryl/α,β-unsaturated/α-hetero) is 1. The first kappa shape index (κ1) is 15.8. The van der Waals surface area contributed by atoms with E-state index in [4.69, 9.17) is 4.74 Å². The lowest BCUT2D eigenvalue weighted by molar-refractivity contribution is -0.188. The predicted octanol–water partition coefficient (Wildman–Crippen LogP) is 2.81. The van der Waals surface area contributed by atoms with Crippen molar-refractivity contribution in [1.29, 1.82) is 0 Å². The van der Waals surface area contributed by atoms with Gasteiger partial charge in [-0.25, -0.2) is 0 Å². The standard InChI is InChI=1S/C21H27NO3/c1-25-21-8-7-16(23)12-20(21)9-10-22(13-14-5-6-14)18(21)11-15-3-2-4-17(24)19(15)20/h2-4,14,18,24H,5-13H2,1H3/t18-,20+,21+/m0/s1. The number of carbonyl (C=O) groups excluding carboxylic acids is 1. The van der Waals surface area contributed by atoms with Crippen LogP contribution in [-0.2, 0) is 21.4 Å². The number of piperidine rings is 1. The molecule has 1 saturated heterocycles. The molecule has 25 heavy (non-hydrogen) atoms. The highest BCUT2D eigenvalue weighted by Gasteiger charge is 2.66. The maximum atomic E-state index is 12.5. The van der Waals surface area contributed by atoms with Gasteiger partial charge in [-0.1, -0.05) is 12.1 Å². The molecule has 0 radical (unpaired) electrons. The maximum Gasteiger partial charge on any atom is 0.134 e. The minimum Gasteiger partial charge on any atom is -0.508 e. The number of phenols is 1. The molecule has 3 atom stereocenters. The van der Waals surface area contributed by atoms with Crippen LogP contribution >= 0.6 is 0 Å². The predicted molar refractivity (Wildman–Crippen MR) is 94.8 cm³/mol. The fourth-order valence-corrected chi connectivity index (χ4v) is 6.23. The molecule has 3 aliphatic carbocycles. The first-order chi connectivity index (χ1) is 12.1. The van der Waals surface area contributed by atoms with Gasteiger partial charge < -0.3 is 9.84 Å². The lowest BCUT2D eigenvalue weighted by Crippen LogP contribution is -2.74. The van der Waals surface area contributed by atoms with Gasteiger partial charge in [-0.3, -0.25) is 9.69 Å². The SMILES string of the molecule is CO[C@@]12CCC(=O)C[C@@]13CCN(CC1CC1)[C@H]2Cc1cccc(O)c13. The van der Waals surface area contributed by atoms with Gasteiger partial charge in [0.15, 0.2) is 0 Å². The average molecular weight is 341 g/mol. The number of likely N-dealkylation sites (tertiary alicyclic amines) is 1. The molecule has 0 spiro atoms. The highest BCUT2D eigenvalue weighted by molar-refractivity contribution is 5.83. The number of ether oxygens (including phenoxy) is 1. The molecule has 0 unspecified atom stereocenters.